The summed E-state index contributed by atoms with van der Waals surface area (Å²) in [6.45, 7) is 3.87. The van der Waals surface area contributed by atoms with Crippen molar-refractivity contribution in [1.82, 2.24) is 0 Å². The maximum atomic E-state index is 12.7. The molecular weight excluding hydrogens is 344 g/mol. The second kappa shape index (κ2) is 10.3. The van der Waals surface area contributed by atoms with Crippen LogP contribution in [0, 0.1) is 0 Å². The zero-order valence-corrected chi connectivity index (χ0v) is 15.6. The molecule has 0 saturated carbocycles. The third-order valence-corrected chi connectivity index (χ3v) is 4.11. The Kier molecular flexibility index (Phi) is 7.74. The fourth-order valence-electron chi connectivity index (χ4n) is 2.62. The molecule has 0 radical (unpaired) electrons. The molecule has 0 aliphatic rings. The summed E-state index contributed by atoms with van der Waals surface area (Å²) in [6, 6.07) is 15.6. The Morgan fingerprint density at radius 2 is 1.59 bits per heavy atom. The highest BCUT2D eigenvalue weighted by Crippen LogP contribution is 2.22. The van der Waals surface area contributed by atoms with Gasteiger partial charge in [-0.1, -0.05) is 68.8 Å². The van der Waals surface area contributed by atoms with E-state index in [4.69, 9.17) is 9.47 Å². The highest BCUT2D eigenvalue weighted by atomic mass is 16.6. The Morgan fingerprint density at radius 3 is 2.26 bits per heavy atom. The number of hydrogen-bond acceptors (Lipinski definition) is 5. The third kappa shape index (κ3) is 5.78. The zero-order valence-electron chi connectivity index (χ0n) is 15.6. The number of carbonyl (C=O) groups excluding carboxylic acids is 3. The average molecular weight is 368 g/mol. The Bertz CT molecular complexity index is 782. The molecule has 0 N–H and O–H groups in total. The SMILES string of the molecule is CCCCC(=O)OC(=O)C(OC(=O)c1ccccc1CC)c1ccccc1. The van der Waals surface area contributed by atoms with Crippen molar-refractivity contribution in [2.75, 3.05) is 0 Å². The van der Waals surface area contributed by atoms with Gasteiger partial charge < -0.3 is 9.47 Å². The van der Waals surface area contributed by atoms with Crippen LogP contribution in [0.3, 0.4) is 0 Å². The summed E-state index contributed by atoms with van der Waals surface area (Å²) >= 11 is 0. The number of aryl methyl sites for hydroxylation is 1. The van der Waals surface area contributed by atoms with Crippen molar-refractivity contribution in [3.8, 4) is 0 Å². The smallest absolute Gasteiger partial charge is 0.359 e. The Morgan fingerprint density at radius 1 is 0.926 bits per heavy atom. The second-order valence-corrected chi connectivity index (χ2v) is 6.10. The van der Waals surface area contributed by atoms with E-state index in [2.05, 4.69) is 0 Å². The molecule has 1 atom stereocenters. The second-order valence-electron chi connectivity index (χ2n) is 6.10. The van der Waals surface area contributed by atoms with Crippen LogP contribution in [-0.2, 0) is 25.5 Å². The third-order valence-electron chi connectivity index (χ3n) is 4.11. The number of ether oxygens (including phenoxy) is 2. The van der Waals surface area contributed by atoms with Crippen molar-refractivity contribution in [1.29, 1.82) is 0 Å². The molecule has 2 aromatic carbocycles. The van der Waals surface area contributed by atoms with Gasteiger partial charge in [-0.3, -0.25) is 4.79 Å². The maximum absolute atomic E-state index is 12.7. The van der Waals surface area contributed by atoms with E-state index in [1.807, 2.05) is 26.0 Å². The van der Waals surface area contributed by atoms with Gasteiger partial charge in [-0.25, -0.2) is 9.59 Å². The number of rotatable bonds is 8. The zero-order chi connectivity index (χ0) is 19.6. The minimum Gasteiger partial charge on any atom is -0.442 e. The summed E-state index contributed by atoms with van der Waals surface area (Å²) in [4.78, 5) is 37.0. The first-order valence-electron chi connectivity index (χ1n) is 9.15. The molecule has 2 aromatic rings. The van der Waals surface area contributed by atoms with Crippen molar-refractivity contribution < 1.29 is 23.9 Å². The Labute approximate surface area is 159 Å². The van der Waals surface area contributed by atoms with Gasteiger partial charge in [0.15, 0.2) is 0 Å². The minimum absolute atomic E-state index is 0.149. The predicted molar refractivity (Wildman–Crippen MR) is 101 cm³/mol. The van der Waals surface area contributed by atoms with Crippen molar-refractivity contribution in [2.45, 2.75) is 45.6 Å². The predicted octanol–water partition coefficient (Wildman–Crippen LogP) is 4.41. The lowest BCUT2D eigenvalue weighted by atomic mass is 10.1. The summed E-state index contributed by atoms with van der Waals surface area (Å²) in [6.07, 6.45) is 0.951. The Hall–Kier alpha value is -2.95. The summed E-state index contributed by atoms with van der Waals surface area (Å²) < 4.78 is 10.4. The van der Waals surface area contributed by atoms with Gasteiger partial charge in [0.1, 0.15) is 0 Å². The average Bonchev–Trinajstić information content (AvgIpc) is 2.70. The first-order valence-corrected chi connectivity index (χ1v) is 9.15. The first-order chi connectivity index (χ1) is 13.1. The Balaban J connectivity index is 2.21. The van der Waals surface area contributed by atoms with Gasteiger partial charge >= 0.3 is 17.9 Å². The molecule has 0 fully saturated rings. The number of benzene rings is 2. The van der Waals surface area contributed by atoms with Crippen LogP contribution >= 0.6 is 0 Å². The lowest BCUT2D eigenvalue weighted by molar-refractivity contribution is -0.166. The molecule has 0 bridgehead atoms. The van der Waals surface area contributed by atoms with Gasteiger partial charge in [0.05, 0.1) is 5.56 Å². The maximum Gasteiger partial charge on any atom is 0.359 e. The molecule has 0 heterocycles. The van der Waals surface area contributed by atoms with Crippen LogP contribution in [0.2, 0.25) is 0 Å². The quantitative estimate of drug-likeness (QED) is 0.510. The van der Waals surface area contributed by atoms with E-state index in [0.717, 1.165) is 12.0 Å². The van der Waals surface area contributed by atoms with Gasteiger partial charge in [0.25, 0.3) is 0 Å². The van der Waals surface area contributed by atoms with Crippen molar-refractivity contribution >= 4 is 17.9 Å². The van der Waals surface area contributed by atoms with Gasteiger partial charge in [0, 0.05) is 12.0 Å². The molecule has 0 amide bonds. The number of unbranched alkanes of at least 4 members (excludes halogenated alkanes) is 1. The number of esters is 3. The molecule has 1 unspecified atom stereocenters. The molecule has 0 spiro atoms. The number of carbonyl (C=O) groups is 3. The van der Waals surface area contributed by atoms with Gasteiger partial charge in [-0.15, -0.1) is 0 Å². The normalized spacial score (nSPS) is 11.5. The van der Waals surface area contributed by atoms with E-state index in [1.165, 1.54) is 0 Å². The molecule has 0 aliphatic heterocycles. The van der Waals surface area contributed by atoms with Crippen LogP contribution in [0.5, 0.6) is 0 Å². The van der Waals surface area contributed by atoms with Crippen LogP contribution in [0.25, 0.3) is 0 Å². The lowest BCUT2D eigenvalue weighted by Crippen LogP contribution is -2.25. The van der Waals surface area contributed by atoms with E-state index >= 15 is 0 Å². The fourth-order valence-corrected chi connectivity index (χ4v) is 2.62. The molecule has 0 aliphatic carbocycles. The molecule has 5 heteroatoms. The van der Waals surface area contributed by atoms with E-state index in [9.17, 15) is 14.4 Å². The van der Waals surface area contributed by atoms with Crippen LogP contribution in [0.4, 0.5) is 0 Å². The van der Waals surface area contributed by atoms with Crippen molar-refractivity contribution in [3.05, 3.63) is 71.3 Å². The van der Waals surface area contributed by atoms with Gasteiger partial charge in [0.2, 0.25) is 6.10 Å². The number of hydrogen-bond donors (Lipinski definition) is 0. The largest absolute Gasteiger partial charge is 0.442 e. The summed E-state index contributed by atoms with van der Waals surface area (Å²) in [7, 11) is 0. The van der Waals surface area contributed by atoms with Crippen LogP contribution in [-0.4, -0.2) is 17.9 Å². The van der Waals surface area contributed by atoms with Crippen LogP contribution in [0.1, 0.15) is 60.7 Å². The molecular formula is C22H24O5. The molecule has 5 nitrogen and oxygen atoms in total. The van der Waals surface area contributed by atoms with Crippen LogP contribution in [0.15, 0.2) is 54.6 Å². The summed E-state index contributed by atoms with van der Waals surface area (Å²) in [5.74, 6) is -2.13. The van der Waals surface area contributed by atoms with E-state index in [0.29, 0.717) is 24.0 Å². The highest BCUT2D eigenvalue weighted by molar-refractivity contribution is 5.94. The van der Waals surface area contributed by atoms with Crippen molar-refractivity contribution in [2.24, 2.45) is 0 Å². The topological polar surface area (TPSA) is 69.7 Å². The fraction of sp³-hybridized carbons (Fsp3) is 0.318. The van der Waals surface area contributed by atoms with Crippen molar-refractivity contribution in [3.63, 3.8) is 0 Å². The first kappa shape index (κ1) is 20.4. The van der Waals surface area contributed by atoms with E-state index in [-0.39, 0.29) is 6.42 Å². The minimum atomic E-state index is -1.30. The van der Waals surface area contributed by atoms with Crippen LogP contribution < -0.4 is 0 Å². The molecule has 0 saturated heterocycles. The molecule has 27 heavy (non-hydrogen) atoms. The van der Waals surface area contributed by atoms with Gasteiger partial charge in [-0.2, -0.15) is 0 Å². The van der Waals surface area contributed by atoms with Gasteiger partial charge in [-0.05, 0) is 24.5 Å². The molecule has 2 rings (SSSR count). The summed E-state index contributed by atoms with van der Waals surface area (Å²) in [5, 5.41) is 0. The standard InChI is InChI=1S/C22H24O5/c1-3-5-15-19(23)26-22(25)20(17-12-7-6-8-13-17)27-21(24)18-14-10-9-11-16(18)4-2/h6-14,20H,3-5,15H2,1-2H3. The highest BCUT2D eigenvalue weighted by Gasteiger charge is 2.29. The van der Waals surface area contributed by atoms with E-state index < -0.39 is 24.0 Å². The molecule has 0 aromatic heterocycles. The van der Waals surface area contributed by atoms with E-state index in [1.54, 1.807) is 42.5 Å². The monoisotopic (exact) mass is 368 g/mol. The molecule has 142 valence electrons. The summed E-state index contributed by atoms with van der Waals surface area (Å²) in [5.41, 5.74) is 1.67. The lowest BCUT2D eigenvalue weighted by Gasteiger charge is -2.17.